The maximum Gasteiger partial charge on any atom is 0.348 e. The molecule has 0 atom stereocenters. The number of amides is 1. The fourth-order valence-corrected chi connectivity index (χ4v) is 1.66. The van der Waals surface area contributed by atoms with E-state index in [0.29, 0.717) is 23.7 Å². The van der Waals surface area contributed by atoms with Gasteiger partial charge in [0.15, 0.2) is 18.1 Å². The van der Waals surface area contributed by atoms with Gasteiger partial charge in [0.05, 0.1) is 13.2 Å². The Bertz CT molecular complexity index is 646. The summed E-state index contributed by atoms with van der Waals surface area (Å²) in [4.78, 5) is 22.4. The van der Waals surface area contributed by atoms with E-state index < -0.39 is 11.9 Å². The van der Waals surface area contributed by atoms with Crippen LogP contribution in [0.15, 0.2) is 23.8 Å². The molecule has 1 aromatic rings. The highest BCUT2D eigenvalue weighted by atomic mass is 16.5. The van der Waals surface area contributed by atoms with Crippen molar-refractivity contribution < 1.29 is 23.8 Å². The number of primary amides is 1. The molecule has 0 saturated carbocycles. The van der Waals surface area contributed by atoms with Gasteiger partial charge < -0.3 is 19.9 Å². The molecule has 7 nitrogen and oxygen atoms in total. The first-order valence-corrected chi connectivity index (χ1v) is 6.98. The van der Waals surface area contributed by atoms with Gasteiger partial charge in [0, 0.05) is 0 Å². The highest BCUT2D eigenvalue weighted by Gasteiger charge is 2.12. The highest BCUT2D eigenvalue weighted by molar-refractivity contribution is 5.97. The van der Waals surface area contributed by atoms with Crippen molar-refractivity contribution in [1.29, 1.82) is 5.26 Å². The molecule has 0 fully saturated rings. The van der Waals surface area contributed by atoms with Crippen molar-refractivity contribution in [1.82, 2.24) is 0 Å². The first kappa shape index (κ1) is 18.0. The van der Waals surface area contributed by atoms with Crippen LogP contribution >= 0.6 is 0 Å². The SMILES string of the molecule is CCOC(=O)C(C#N)=Cc1ccc(OCC(N)=O)c(OCC)c1. The van der Waals surface area contributed by atoms with Crippen molar-refractivity contribution in [3.8, 4) is 17.6 Å². The second-order valence-electron chi connectivity index (χ2n) is 4.28. The van der Waals surface area contributed by atoms with Crippen LogP contribution < -0.4 is 15.2 Å². The van der Waals surface area contributed by atoms with Gasteiger partial charge in [-0.1, -0.05) is 6.07 Å². The lowest BCUT2D eigenvalue weighted by molar-refractivity contribution is -0.137. The molecule has 0 aromatic heterocycles. The molecule has 2 N–H and O–H groups in total. The molecule has 0 heterocycles. The summed E-state index contributed by atoms with van der Waals surface area (Å²) >= 11 is 0. The predicted molar refractivity (Wildman–Crippen MR) is 82.5 cm³/mol. The van der Waals surface area contributed by atoms with Crippen molar-refractivity contribution in [2.24, 2.45) is 5.73 Å². The van der Waals surface area contributed by atoms with Gasteiger partial charge in [-0.05, 0) is 37.6 Å². The van der Waals surface area contributed by atoms with Crippen LogP contribution in [0.5, 0.6) is 11.5 Å². The molecule has 1 aromatic carbocycles. The molecule has 0 unspecified atom stereocenters. The summed E-state index contributed by atoms with van der Waals surface area (Å²) in [6.07, 6.45) is 1.39. The van der Waals surface area contributed by atoms with E-state index in [1.807, 2.05) is 0 Å². The molecular weight excluding hydrogens is 300 g/mol. The van der Waals surface area contributed by atoms with Crippen LogP contribution in [0, 0.1) is 11.3 Å². The Balaban J connectivity index is 3.09. The lowest BCUT2D eigenvalue weighted by Crippen LogP contribution is -2.20. The first-order valence-electron chi connectivity index (χ1n) is 6.98. The van der Waals surface area contributed by atoms with E-state index in [0.717, 1.165) is 0 Å². The largest absolute Gasteiger partial charge is 0.490 e. The molecule has 7 heteroatoms. The summed E-state index contributed by atoms with van der Waals surface area (Å²) < 4.78 is 15.5. The molecule has 1 amide bonds. The molecule has 0 radical (unpaired) electrons. The number of ether oxygens (including phenoxy) is 3. The molecule has 0 bridgehead atoms. The van der Waals surface area contributed by atoms with Gasteiger partial charge in [-0.25, -0.2) is 4.79 Å². The van der Waals surface area contributed by atoms with E-state index in [1.54, 1.807) is 38.1 Å². The Morgan fingerprint density at radius 2 is 1.96 bits per heavy atom. The standard InChI is InChI=1S/C16H18N2O5/c1-3-21-14-8-11(5-6-13(14)23-10-15(18)19)7-12(9-17)16(20)22-4-2/h5-8H,3-4,10H2,1-2H3,(H2,18,19). The highest BCUT2D eigenvalue weighted by Crippen LogP contribution is 2.29. The smallest absolute Gasteiger partial charge is 0.348 e. The minimum absolute atomic E-state index is 0.125. The van der Waals surface area contributed by atoms with Gasteiger partial charge >= 0.3 is 5.97 Å². The molecule has 0 spiro atoms. The van der Waals surface area contributed by atoms with Crippen LogP contribution in [0.3, 0.4) is 0 Å². The van der Waals surface area contributed by atoms with E-state index in [-0.39, 0.29) is 18.8 Å². The molecular formula is C16H18N2O5. The third-order valence-electron chi connectivity index (χ3n) is 2.56. The quantitative estimate of drug-likeness (QED) is 0.441. The van der Waals surface area contributed by atoms with Gasteiger partial charge in [0.1, 0.15) is 11.6 Å². The Labute approximate surface area is 134 Å². The molecule has 0 aliphatic heterocycles. The van der Waals surface area contributed by atoms with Crippen molar-refractivity contribution in [2.75, 3.05) is 19.8 Å². The molecule has 1 rings (SSSR count). The second kappa shape index (κ2) is 9.10. The maximum atomic E-state index is 11.6. The summed E-state index contributed by atoms with van der Waals surface area (Å²) in [6.45, 7) is 3.73. The average Bonchev–Trinajstić information content (AvgIpc) is 2.52. The minimum Gasteiger partial charge on any atom is -0.490 e. The number of carbonyl (C=O) groups excluding carboxylic acids is 2. The van der Waals surface area contributed by atoms with Gasteiger partial charge in [0.2, 0.25) is 0 Å². The number of nitrogens with zero attached hydrogens (tertiary/aromatic N) is 1. The molecule has 0 aliphatic carbocycles. The molecule has 23 heavy (non-hydrogen) atoms. The fraction of sp³-hybridized carbons (Fsp3) is 0.312. The number of hydrogen-bond donors (Lipinski definition) is 1. The monoisotopic (exact) mass is 318 g/mol. The van der Waals surface area contributed by atoms with Crippen LogP contribution in [-0.2, 0) is 14.3 Å². The molecule has 0 aliphatic rings. The van der Waals surface area contributed by atoms with E-state index in [2.05, 4.69) is 0 Å². The van der Waals surface area contributed by atoms with Gasteiger partial charge in [-0.2, -0.15) is 5.26 Å². The zero-order valence-electron chi connectivity index (χ0n) is 13.0. The minimum atomic E-state index is -0.693. The zero-order valence-corrected chi connectivity index (χ0v) is 13.0. The Morgan fingerprint density at radius 1 is 1.22 bits per heavy atom. The number of nitrogens with two attached hydrogens (primary N) is 1. The van der Waals surface area contributed by atoms with E-state index >= 15 is 0 Å². The Hall–Kier alpha value is -3.01. The van der Waals surface area contributed by atoms with Crippen molar-refractivity contribution in [3.05, 3.63) is 29.3 Å². The number of rotatable bonds is 8. The third-order valence-corrected chi connectivity index (χ3v) is 2.56. The number of nitriles is 1. The summed E-state index contributed by atoms with van der Waals surface area (Å²) in [7, 11) is 0. The van der Waals surface area contributed by atoms with E-state index in [4.69, 9.17) is 25.2 Å². The van der Waals surface area contributed by atoms with Crippen molar-refractivity contribution in [2.45, 2.75) is 13.8 Å². The van der Waals surface area contributed by atoms with Crippen LogP contribution in [0.2, 0.25) is 0 Å². The summed E-state index contributed by atoms with van der Waals surface area (Å²) in [5, 5.41) is 9.03. The summed E-state index contributed by atoms with van der Waals surface area (Å²) in [5.74, 6) is -0.575. The Morgan fingerprint density at radius 3 is 2.52 bits per heavy atom. The van der Waals surface area contributed by atoms with Gasteiger partial charge in [-0.15, -0.1) is 0 Å². The van der Waals surface area contributed by atoms with Crippen LogP contribution in [-0.4, -0.2) is 31.7 Å². The lowest BCUT2D eigenvalue weighted by Gasteiger charge is -2.11. The summed E-state index contributed by atoms with van der Waals surface area (Å²) in [5.41, 5.74) is 5.47. The normalized spacial score (nSPS) is 10.6. The van der Waals surface area contributed by atoms with E-state index in [1.165, 1.54) is 6.08 Å². The fourth-order valence-electron chi connectivity index (χ4n) is 1.66. The molecule has 0 saturated heterocycles. The summed E-state index contributed by atoms with van der Waals surface area (Å²) in [6, 6.07) is 6.58. The van der Waals surface area contributed by atoms with Crippen LogP contribution in [0.1, 0.15) is 19.4 Å². The number of carbonyl (C=O) groups is 2. The lowest BCUT2D eigenvalue weighted by atomic mass is 10.1. The van der Waals surface area contributed by atoms with Gasteiger partial charge in [-0.3, -0.25) is 4.79 Å². The first-order chi connectivity index (χ1) is 11.0. The van der Waals surface area contributed by atoms with Crippen molar-refractivity contribution >= 4 is 18.0 Å². The third kappa shape index (κ3) is 5.71. The topological polar surface area (TPSA) is 112 Å². The number of esters is 1. The predicted octanol–water partition coefficient (Wildman–Crippen LogP) is 1.42. The van der Waals surface area contributed by atoms with Gasteiger partial charge in [0.25, 0.3) is 5.91 Å². The van der Waals surface area contributed by atoms with Crippen LogP contribution in [0.4, 0.5) is 0 Å². The van der Waals surface area contributed by atoms with Crippen molar-refractivity contribution in [3.63, 3.8) is 0 Å². The van der Waals surface area contributed by atoms with E-state index in [9.17, 15) is 9.59 Å². The number of hydrogen-bond acceptors (Lipinski definition) is 6. The Kier molecular flexibility index (Phi) is 7.14. The zero-order chi connectivity index (χ0) is 17.2. The molecule has 122 valence electrons. The van der Waals surface area contributed by atoms with Crippen LogP contribution in [0.25, 0.3) is 6.08 Å². The maximum absolute atomic E-state index is 11.6. The second-order valence-corrected chi connectivity index (χ2v) is 4.28. The number of benzene rings is 1. The average molecular weight is 318 g/mol.